The number of piperidine rings is 1. The van der Waals surface area contributed by atoms with Gasteiger partial charge in [-0.3, -0.25) is 4.90 Å². The largest absolute Gasteiger partial charge is 0.368 e. The van der Waals surface area contributed by atoms with Crippen molar-refractivity contribution >= 4 is 5.69 Å². The fourth-order valence-corrected chi connectivity index (χ4v) is 3.70. The van der Waals surface area contributed by atoms with Gasteiger partial charge in [-0.05, 0) is 55.5 Å². The van der Waals surface area contributed by atoms with Crippen molar-refractivity contribution in [1.29, 1.82) is 0 Å². The highest BCUT2D eigenvalue weighted by Crippen LogP contribution is 2.29. The summed E-state index contributed by atoms with van der Waals surface area (Å²) in [6.45, 7) is 12.0. The maximum absolute atomic E-state index is 2.73. The lowest BCUT2D eigenvalue weighted by atomic mass is 9.92. The van der Waals surface area contributed by atoms with Crippen LogP contribution in [0.3, 0.4) is 0 Å². The zero-order valence-electron chi connectivity index (χ0n) is 13.9. The molecule has 1 aromatic carbocycles. The molecule has 0 saturated carbocycles. The van der Waals surface area contributed by atoms with E-state index in [1.807, 2.05) is 0 Å². The number of benzene rings is 1. The molecule has 0 unspecified atom stereocenters. The number of anilines is 1. The van der Waals surface area contributed by atoms with Gasteiger partial charge in [-0.2, -0.15) is 0 Å². The number of likely N-dealkylation sites (tertiary alicyclic amines) is 1. The first-order valence-electron chi connectivity index (χ1n) is 8.76. The zero-order chi connectivity index (χ0) is 14.8. The predicted molar refractivity (Wildman–Crippen MR) is 91.1 cm³/mol. The van der Waals surface area contributed by atoms with Crippen LogP contribution in [0.25, 0.3) is 0 Å². The van der Waals surface area contributed by atoms with E-state index in [2.05, 4.69) is 54.8 Å². The van der Waals surface area contributed by atoms with E-state index >= 15 is 0 Å². The Morgan fingerprint density at radius 3 is 2.48 bits per heavy atom. The third-order valence-electron chi connectivity index (χ3n) is 5.51. The van der Waals surface area contributed by atoms with E-state index in [0.29, 0.717) is 5.92 Å². The normalized spacial score (nSPS) is 21.8. The average molecular weight is 286 g/mol. The second-order valence-electron chi connectivity index (χ2n) is 7.20. The Bertz CT molecular complexity index is 454. The Kier molecular flexibility index (Phi) is 4.54. The number of hydrogen-bond acceptors (Lipinski definition) is 2. The van der Waals surface area contributed by atoms with E-state index in [1.54, 1.807) is 0 Å². The summed E-state index contributed by atoms with van der Waals surface area (Å²) in [6.07, 6.45) is 4.19. The first kappa shape index (κ1) is 14.9. The highest BCUT2D eigenvalue weighted by Gasteiger charge is 2.33. The Hall–Kier alpha value is -1.02. The second kappa shape index (κ2) is 6.39. The zero-order valence-corrected chi connectivity index (χ0v) is 13.9. The molecule has 2 heterocycles. The third kappa shape index (κ3) is 3.26. The van der Waals surface area contributed by atoms with Crippen LogP contribution in [0.4, 0.5) is 5.69 Å². The lowest BCUT2D eigenvalue weighted by Gasteiger charge is -2.48. The van der Waals surface area contributed by atoms with Gasteiger partial charge >= 0.3 is 0 Å². The molecule has 2 nitrogen and oxygen atoms in total. The van der Waals surface area contributed by atoms with Crippen molar-refractivity contribution in [2.75, 3.05) is 31.1 Å². The van der Waals surface area contributed by atoms with Gasteiger partial charge in [-0.15, -0.1) is 0 Å². The van der Waals surface area contributed by atoms with Gasteiger partial charge in [0.25, 0.3) is 0 Å². The minimum atomic E-state index is 0.620. The number of rotatable bonds is 4. The molecular weight excluding hydrogens is 256 g/mol. The maximum atomic E-state index is 2.73. The van der Waals surface area contributed by atoms with Crippen LogP contribution >= 0.6 is 0 Å². The van der Waals surface area contributed by atoms with Gasteiger partial charge < -0.3 is 4.90 Å². The lowest BCUT2D eigenvalue weighted by molar-refractivity contribution is 0.112. The molecule has 0 amide bonds. The summed E-state index contributed by atoms with van der Waals surface area (Å²) >= 11 is 0. The van der Waals surface area contributed by atoms with Crippen molar-refractivity contribution in [1.82, 2.24) is 4.90 Å². The van der Waals surface area contributed by atoms with Crippen molar-refractivity contribution < 1.29 is 0 Å². The number of hydrogen-bond donors (Lipinski definition) is 0. The van der Waals surface area contributed by atoms with E-state index in [9.17, 15) is 0 Å². The molecule has 0 aliphatic carbocycles. The Morgan fingerprint density at radius 2 is 1.86 bits per heavy atom. The fourth-order valence-electron chi connectivity index (χ4n) is 3.70. The molecule has 0 N–H and O–H groups in total. The monoisotopic (exact) mass is 286 g/mol. The van der Waals surface area contributed by atoms with E-state index in [0.717, 1.165) is 12.0 Å². The molecule has 2 fully saturated rings. The van der Waals surface area contributed by atoms with Crippen LogP contribution in [-0.4, -0.2) is 37.1 Å². The van der Waals surface area contributed by atoms with Crippen LogP contribution in [-0.2, 0) is 0 Å². The molecular formula is C19H30N2. The average Bonchev–Trinajstić information content (AvgIpc) is 2.47. The van der Waals surface area contributed by atoms with Gasteiger partial charge in [0, 0.05) is 24.8 Å². The molecule has 0 spiro atoms. The first-order valence-corrected chi connectivity index (χ1v) is 8.76. The molecule has 3 rings (SSSR count). The van der Waals surface area contributed by atoms with Gasteiger partial charge in [-0.25, -0.2) is 0 Å². The lowest BCUT2D eigenvalue weighted by Crippen LogP contribution is -2.61. The van der Waals surface area contributed by atoms with Crippen LogP contribution in [0, 0.1) is 5.92 Å². The SMILES string of the molecule is CCC1CCN(C2CN(c3cccc(C(C)C)c3)C2)CC1. The summed E-state index contributed by atoms with van der Waals surface area (Å²) in [5.41, 5.74) is 2.88. The molecule has 2 aliphatic heterocycles. The standard InChI is InChI=1S/C19H30N2/c1-4-16-8-10-20(11-9-16)19-13-21(14-19)18-7-5-6-17(12-18)15(2)3/h5-7,12,15-16,19H,4,8-11,13-14H2,1-3H3. The Labute approximate surface area is 130 Å². The molecule has 21 heavy (non-hydrogen) atoms. The van der Waals surface area contributed by atoms with Crippen LogP contribution < -0.4 is 4.90 Å². The minimum Gasteiger partial charge on any atom is -0.368 e. The minimum absolute atomic E-state index is 0.620. The van der Waals surface area contributed by atoms with Gasteiger partial charge in [0.1, 0.15) is 0 Å². The van der Waals surface area contributed by atoms with Gasteiger partial charge in [-0.1, -0.05) is 39.3 Å². The van der Waals surface area contributed by atoms with Crippen molar-refractivity contribution in [2.45, 2.75) is 52.0 Å². The molecule has 0 atom stereocenters. The van der Waals surface area contributed by atoms with Crippen LogP contribution in [0.1, 0.15) is 51.5 Å². The van der Waals surface area contributed by atoms with Crippen molar-refractivity contribution in [3.8, 4) is 0 Å². The van der Waals surface area contributed by atoms with Crippen molar-refractivity contribution in [3.63, 3.8) is 0 Å². The predicted octanol–water partition coefficient (Wildman–Crippen LogP) is 4.12. The fraction of sp³-hybridized carbons (Fsp3) is 0.684. The summed E-state index contributed by atoms with van der Waals surface area (Å²) in [5.74, 6) is 1.61. The third-order valence-corrected chi connectivity index (χ3v) is 5.51. The van der Waals surface area contributed by atoms with E-state index in [-0.39, 0.29) is 0 Å². The number of nitrogens with zero attached hydrogens (tertiary/aromatic N) is 2. The van der Waals surface area contributed by atoms with Crippen molar-refractivity contribution in [2.24, 2.45) is 5.92 Å². The molecule has 0 aromatic heterocycles. The van der Waals surface area contributed by atoms with Crippen LogP contribution in [0.2, 0.25) is 0 Å². The molecule has 0 bridgehead atoms. The summed E-state index contributed by atoms with van der Waals surface area (Å²) in [7, 11) is 0. The topological polar surface area (TPSA) is 6.48 Å². The highest BCUT2D eigenvalue weighted by atomic mass is 15.3. The second-order valence-corrected chi connectivity index (χ2v) is 7.20. The maximum Gasteiger partial charge on any atom is 0.0446 e. The molecule has 2 saturated heterocycles. The Morgan fingerprint density at radius 1 is 1.14 bits per heavy atom. The van der Waals surface area contributed by atoms with E-state index < -0.39 is 0 Å². The molecule has 2 aliphatic rings. The highest BCUT2D eigenvalue weighted by molar-refractivity contribution is 5.52. The molecule has 0 radical (unpaired) electrons. The molecule has 2 heteroatoms. The molecule has 116 valence electrons. The van der Waals surface area contributed by atoms with Gasteiger partial charge in [0.2, 0.25) is 0 Å². The Balaban J connectivity index is 1.53. The summed E-state index contributed by atoms with van der Waals surface area (Å²) in [4.78, 5) is 5.28. The van der Waals surface area contributed by atoms with E-state index in [1.165, 1.54) is 56.7 Å². The van der Waals surface area contributed by atoms with Gasteiger partial charge in [0.05, 0.1) is 0 Å². The smallest absolute Gasteiger partial charge is 0.0446 e. The summed E-state index contributed by atoms with van der Waals surface area (Å²) in [5, 5.41) is 0. The summed E-state index contributed by atoms with van der Waals surface area (Å²) in [6, 6.07) is 9.91. The van der Waals surface area contributed by atoms with E-state index in [4.69, 9.17) is 0 Å². The molecule has 1 aromatic rings. The summed E-state index contributed by atoms with van der Waals surface area (Å²) < 4.78 is 0. The van der Waals surface area contributed by atoms with Crippen LogP contribution in [0.15, 0.2) is 24.3 Å². The quantitative estimate of drug-likeness (QED) is 0.821. The van der Waals surface area contributed by atoms with Crippen LogP contribution in [0.5, 0.6) is 0 Å². The first-order chi connectivity index (χ1) is 10.2. The van der Waals surface area contributed by atoms with Gasteiger partial charge in [0.15, 0.2) is 0 Å². The van der Waals surface area contributed by atoms with Crippen molar-refractivity contribution in [3.05, 3.63) is 29.8 Å².